The van der Waals surface area contributed by atoms with E-state index in [9.17, 15) is 4.79 Å². The number of nitrogens with zero attached hydrogens (tertiary/aromatic N) is 3. The summed E-state index contributed by atoms with van der Waals surface area (Å²) in [5.74, 6) is 1.23. The third-order valence-corrected chi connectivity index (χ3v) is 6.49. The van der Waals surface area contributed by atoms with Crippen LogP contribution in [0.15, 0.2) is 66.7 Å². The minimum Gasteiger partial charge on any atom is -0.352 e. The van der Waals surface area contributed by atoms with Crippen LogP contribution in [0.5, 0.6) is 0 Å². The van der Waals surface area contributed by atoms with Gasteiger partial charge in [-0.3, -0.25) is 9.36 Å². The monoisotopic (exact) mass is 449 g/mol. The Morgan fingerprint density at radius 1 is 1.09 bits per heavy atom. The third kappa shape index (κ3) is 4.43. The number of amides is 1. The Labute approximate surface area is 199 Å². The molecule has 1 saturated heterocycles. The second-order valence-corrected chi connectivity index (χ2v) is 8.90. The van der Waals surface area contributed by atoms with Crippen molar-refractivity contribution in [2.75, 3.05) is 19.6 Å². The predicted octanol–water partition coefficient (Wildman–Crippen LogP) is 4.60. The molecule has 4 aromatic rings. The van der Waals surface area contributed by atoms with E-state index in [2.05, 4.69) is 52.5 Å². The van der Waals surface area contributed by atoms with Crippen molar-refractivity contribution in [3.8, 4) is 23.1 Å². The maximum absolute atomic E-state index is 12.9. The maximum atomic E-state index is 12.9. The van der Waals surface area contributed by atoms with Gasteiger partial charge in [0.1, 0.15) is 5.82 Å². The number of carbonyl (C=O) groups is 1. The van der Waals surface area contributed by atoms with Gasteiger partial charge in [0.25, 0.3) is 5.91 Å². The fourth-order valence-electron chi connectivity index (χ4n) is 4.49. The summed E-state index contributed by atoms with van der Waals surface area (Å²) < 4.78 is 2.10. The average molecular weight is 450 g/mol. The second-order valence-electron chi connectivity index (χ2n) is 8.90. The van der Waals surface area contributed by atoms with Crippen LogP contribution in [-0.2, 0) is 0 Å². The Kier molecular flexibility index (Phi) is 6.11. The number of benzene rings is 3. The lowest BCUT2D eigenvalue weighted by molar-refractivity contribution is 0.0944. The molecule has 0 unspecified atom stereocenters. The number of rotatable bonds is 5. The summed E-state index contributed by atoms with van der Waals surface area (Å²) in [4.78, 5) is 17.8. The highest BCUT2D eigenvalue weighted by molar-refractivity contribution is 5.98. The summed E-state index contributed by atoms with van der Waals surface area (Å²) in [6, 6.07) is 23.6. The minimum atomic E-state index is -0.0646. The van der Waals surface area contributed by atoms with Crippen molar-refractivity contribution in [1.82, 2.24) is 20.2 Å². The van der Waals surface area contributed by atoms with Crippen molar-refractivity contribution < 1.29 is 4.79 Å². The molecule has 0 aliphatic carbocycles. The number of nitrogens with one attached hydrogen (secondary N) is 2. The molecule has 0 radical (unpaired) electrons. The molecule has 6 heteroatoms. The number of imidazole rings is 1. The van der Waals surface area contributed by atoms with Crippen LogP contribution in [0.1, 0.15) is 34.3 Å². The molecular formula is C28H27N5O. The van der Waals surface area contributed by atoms with Crippen LogP contribution in [0.4, 0.5) is 0 Å². The van der Waals surface area contributed by atoms with Gasteiger partial charge < -0.3 is 10.6 Å². The van der Waals surface area contributed by atoms with Crippen molar-refractivity contribution in [2.45, 2.75) is 19.8 Å². The Balaban J connectivity index is 1.52. The van der Waals surface area contributed by atoms with Crippen molar-refractivity contribution in [1.29, 1.82) is 5.26 Å². The van der Waals surface area contributed by atoms with Gasteiger partial charge in [-0.1, -0.05) is 17.7 Å². The fourth-order valence-corrected chi connectivity index (χ4v) is 4.49. The Morgan fingerprint density at radius 2 is 1.82 bits per heavy atom. The van der Waals surface area contributed by atoms with Gasteiger partial charge in [-0.2, -0.15) is 5.26 Å². The molecule has 1 fully saturated rings. The highest BCUT2D eigenvalue weighted by Crippen LogP contribution is 2.29. The van der Waals surface area contributed by atoms with Gasteiger partial charge in [0.2, 0.25) is 0 Å². The van der Waals surface area contributed by atoms with Crippen LogP contribution in [0.2, 0.25) is 0 Å². The standard InChI is InChI=1S/C28H27N5O/c1-19-2-9-24(10-3-19)33-26-11-8-23(28(34)31-18-21-12-14-30-15-13-21)16-25(26)32-27(33)22-6-4-20(17-29)5-7-22/h2-11,16,21,30H,12-15,18H2,1H3,(H,31,34). The van der Waals surface area contributed by atoms with E-state index in [4.69, 9.17) is 10.2 Å². The summed E-state index contributed by atoms with van der Waals surface area (Å²) in [6.07, 6.45) is 2.18. The first-order valence-electron chi connectivity index (χ1n) is 11.7. The molecular weight excluding hydrogens is 422 g/mol. The van der Waals surface area contributed by atoms with Crippen molar-refractivity contribution in [2.24, 2.45) is 5.92 Å². The van der Waals surface area contributed by atoms with Gasteiger partial charge >= 0.3 is 0 Å². The number of hydrogen-bond donors (Lipinski definition) is 2. The van der Waals surface area contributed by atoms with Gasteiger partial charge in [-0.25, -0.2) is 4.98 Å². The van der Waals surface area contributed by atoms with Gasteiger partial charge in [0.15, 0.2) is 0 Å². The van der Waals surface area contributed by atoms with Crippen molar-refractivity contribution in [3.05, 3.63) is 83.4 Å². The number of aryl methyl sites for hydroxylation is 1. The summed E-state index contributed by atoms with van der Waals surface area (Å²) in [5, 5.41) is 15.6. The van der Waals surface area contributed by atoms with Crippen LogP contribution in [0, 0.1) is 24.2 Å². The molecule has 6 nitrogen and oxygen atoms in total. The summed E-state index contributed by atoms with van der Waals surface area (Å²) in [5.41, 5.74) is 5.99. The number of nitriles is 1. The molecule has 34 heavy (non-hydrogen) atoms. The minimum absolute atomic E-state index is 0.0646. The maximum Gasteiger partial charge on any atom is 0.251 e. The Bertz CT molecular complexity index is 1360. The first-order chi connectivity index (χ1) is 16.6. The van der Waals surface area contributed by atoms with Crippen LogP contribution < -0.4 is 10.6 Å². The molecule has 2 N–H and O–H groups in total. The zero-order valence-electron chi connectivity index (χ0n) is 19.2. The molecule has 1 amide bonds. The number of carbonyl (C=O) groups excluding carboxylic acids is 1. The largest absolute Gasteiger partial charge is 0.352 e. The topological polar surface area (TPSA) is 82.7 Å². The molecule has 2 heterocycles. The van der Waals surface area contributed by atoms with Gasteiger partial charge in [0.05, 0.1) is 22.7 Å². The van der Waals surface area contributed by atoms with E-state index in [1.165, 1.54) is 5.56 Å². The number of fused-ring (bicyclic) bond motifs is 1. The number of piperidine rings is 1. The zero-order valence-corrected chi connectivity index (χ0v) is 19.2. The lowest BCUT2D eigenvalue weighted by atomic mass is 9.98. The van der Waals surface area contributed by atoms with E-state index in [1.54, 1.807) is 12.1 Å². The van der Waals surface area contributed by atoms with Crippen LogP contribution in [-0.4, -0.2) is 35.1 Å². The molecule has 1 aromatic heterocycles. The normalized spacial score (nSPS) is 14.1. The highest BCUT2D eigenvalue weighted by Gasteiger charge is 2.18. The molecule has 5 rings (SSSR count). The van der Waals surface area contributed by atoms with Crippen LogP contribution in [0.3, 0.4) is 0 Å². The predicted molar refractivity (Wildman–Crippen MR) is 134 cm³/mol. The molecule has 170 valence electrons. The molecule has 1 aliphatic rings. The molecule has 0 saturated carbocycles. The van der Waals surface area contributed by atoms with E-state index in [-0.39, 0.29) is 5.91 Å². The van der Waals surface area contributed by atoms with Crippen LogP contribution in [0.25, 0.3) is 28.1 Å². The fraction of sp³-hybridized carbons (Fsp3) is 0.250. The van der Waals surface area contributed by atoms with E-state index >= 15 is 0 Å². The summed E-state index contributed by atoms with van der Waals surface area (Å²) >= 11 is 0. The lowest BCUT2D eigenvalue weighted by Gasteiger charge is -2.22. The van der Waals surface area contributed by atoms with Gasteiger partial charge in [0, 0.05) is 23.4 Å². The number of hydrogen-bond acceptors (Lipinski definition) is 4. The molecule has 0 spiro atoms. The zero-order chi connectivity index (χ0) is 23.5. The van der Waals surface area contributed by atoms with Gasteiger partial charge in [-0.15, -0.1) is 0 Å². The molecule has 0 bridgehead atoms. The first kappa shape index (κ1) is 21.9. The van der Waals surface area contributed by atoms with E-state index in [1.807, 2.05) is 30.3 Å². The summed E-state index contributed by atoms with van der Waals surface area (Å²) in [6.45, 7) is 4.79. The van der Waals surface area contributed by atoms with Crippen LogP contribution >= 0.6 is 0 Å². The van der Waals surface area contributed by atoms with Gasteiger partial charge in [-0.05, 0) is 93.4 Å². The quantitative estimate of drug-likeness (QED) is 0.466. The highest BCUT2D eigenvalue weighted by atomic mass is 16.1. The third-order valence-electron chi connectivity index (χ3n) is 6.49. The Hall–Kier alpha value is -3.95. The Morgan fingerprint density at radius 3 is 2.53 bits per heavy atom. The SMILES string of the molecule is Cc1ccc(-n2c(-c3ccc(C#N)cc3)nc3cc(C(=O)NCC4CCNCC4)ccc32)cc1. The smallest absolute Gasteiger partial charge is 0.251 e. The molecule has 3 aromatic carbocycles. The lowest BCUT2D eigenvalue weighted by Crippen LogP contribution is -2.35. The second kappa shape index (κ2) is 9.50. The van der Waals surface area contributed by atoms with E-state index < -0.39 is 0 Å². The van der Waals surface area contributed by atoms with Crippen molar-refractivity contribution >= 4 is 16.9 Å². The van der Waals surface area contributed by atoms with E-state index in [0.29, 0.717) is 23.6 Å². The molecule has 0 atom stereocenters. The van der Waals surface area contributed by atoms with E-state index in [0.717, 1.165) is 54.0 Å². The average Bonchev–Trinajstić information content (AvgIpc) is 3.27. The first-order valence-corrected chi connectivity index (χ1v) is 11.7. The molecule has 1 aliphatic heterocycles. The number of aromatic nitrogens is 2. The summed E-state index contributed by atoms with van der Waals surface area (Å²) in [7, 11) is 0. The van der Waals surface area contributed by atoms with Crippen molar-refractivity contribution in [3.63, 3.8) is 0 Å².